The Balaban J connectivity index is 1.85. The lowest BCUT2D eigenvalue weighted by atomic mass is 9.95. The van der Waals surface area contributed by atoms with Crippen molar-refractivity contribution in [3.05, 3.63) is 34.9 Å². The Labute approximate surface area is 90.7 Å². The van der Waals surface area contributed by atoms with E-state index in [2.05, 4.69) is 24.3 Å². The monoisotopic (exact) mass is 197 g/mol. The zero-order valence-electron chi connectivity index (χ0n) is 8.92. The van der Waals surface area contributed by atoms with Crippen LogP contribution in [0.1, 0.15) is 36.0 Å². The molecule has 0 N–H and O–H groups in total. The van der Waals surface area contributed by atoms with Gasteiger partial charge >= 0.3 is 0 Å². The van der Waals surface area contributed by atoms with Gasteiger partial charge in [0.2, 0.25) is 0 Å². The minimum absolute atomic E-state index is 0.00679. The molecule has 1 aromatic rings. The van der Waals surface area contributed by atoms with Gasteiger partial charge in [-0.3, -0.25) is 0 Å². The fraction of sp³-hybridized carbons (Fsp3) is 0.500. The van der Waals surface area contributed by atoms with Gasteiger partial charge in [-0.25, -0.2) is 0 Å². The molecule has 1 heteroatoms. The Morgan fingerprint density at radius 1 is 1.20 bits per heavy atom. The maximum Gasteiger partial charge on any atom is 0.0693 e. The van der Waals surface area contributed by atoms with Crippen LogP contribution in [0.2, 0.25) is 0 Å². The largest absolute Gasteiger partial charge is 0.198 e. The quantitative estimate of drug-likeness (QED) is 0.715. The number of hydrogen-bond donors (Lipinski definition) is 0. The highest BCUT2D eigenvalue weighted by Gasteiger charge is 2.42. The van der Waals surface area contributed by atoms with E-state index in [9.17, 15) is 0 Å². The van der Waals surface area contributed by atoms with Crippen molar-refractivity contribution in [3.63, 3.8) is 0 Å². The molecular weight excluding hydrogens is 182 g/mol. The number of hydrogen-bond acceptors (Lipinski definition) is 1. The first-order chi connectivity index (χ1) is 7.31. The van der Waals surface area contributed by atoms with Gasteiger partial charge in [0.25, 0.3) is 0 Å². The predicted molar refractivity (Wildman–Crippen MR) is 59.5 cm³/mol. The summed E-state index contributed by atoms with van der Waals surface area (Å²) >= 11 is 0. The van der Waals surface area contributed by atoms with Gasteiger partial charge in [0.1, 0.15) is 0 Å². The Kier molecular flexibility index (Phi) is 1.85. The van der Waals surface area contributed by atoms with Crippen molar-refractivity contribution >= 4 is 0 Å². The standard InChI is InChI=1S/C14H15N/c15-10-14(6-7-14)9-11-4-5-12-2-1-3-13(12)8-11/h4-5,8H,1-3,6-7,9H2. The lowest BCUT2D eigenvalue weighted by Gasteiger charge is -2.07. The molecule has 0 saturated heterocycles. The molecule has 0 atom stereocenters. The van der Waals surface area contributed by atoms with Gasteiger partial charge in [-0.05, 0) is 55.2 Å². The molecule has 0 radical (unpaired) electrons. The summed E-state index contributed by atoms with van der Waals surface area (Å²) in [5.41, 5.74) is 4.43. The van der Waals surface area contributed by atoms with Crippen LogP contribution < -0.4 is 0 Å². The van der Waals surface area contributed by atoms with Crippen LogP contribution in [0.25, 0.3) is 0 Å². The van der Waals surface area contributed by atoms with Crippen molar-refractivity contribution in [2.45, 2.75) is 38.5 Å². The number of nitriles is 1. The van der Waals surface area contributed by atoms with Crippen molar-refractivity contribution in [2.75, 3.05) is 0 Å². The molecule has 0 bridgehead atoms. The summed E-state index contributed by atoms with van der Waals surface area (Å²) in [4.78, 5) is 0. The van der Waals surface area contributed by atoms with Crippen LogP contribution in [0.5, 0.6) is 0 Å². The third-order valence-electron chi connectivity index (χ3n) is 3.80. The van der Waals surface area contributed by atoms with E-state index < -0.39 is 0 Å². The Bertz CT molecular complexity index is 435. The lowest BCUT2D eigenvalue weighted by Crippen LogP contribution is -2.01. The second-order valence-corrected chi connectivity index (χ2v) is 5.03. The molecule has 0 aromatic heterocycles. The van der Waals surface area contributed by atoms with E-state index >= 15 is 0 Å². The van der Waals surface area contributed by atoms with E-state index in [1.807, 2.05) is 0 Å². The third-order valence-corrected chi connectivity index (χ3v) is 3.80. The first-order valence-corrected chi connectivity index (χ1v) is 5.83. The molecule has 0 spiro atoms. The SMILES string of the molecule is N#CC1(Cc2ccc3c(c2)CCC3)CC1. The van der Waals surface area contributed by atoms with Gasteiger partial charge in [0, 0.05) is 0 Å². The molecule has 0 unspecified atom stereocenters. The van der Waals surface area contributed by atoms with E-state index in [0.717, 1.165) is 19.3 Å². The number of fused-ring (bicyclic) bond motifs is 1. The summed E-state index contributed by atoms with van der Waals surface area (Å²) in [7, 11) is 0. The summed E-state index contributed by atoms with van der Waals surface area (Å²) in [6.07, 6.45) is 6.96. The third kappa shape index (κ3) is 1.55. The van der Waals surface area contributed by atoms with Crippen LogP contribution in [-0.2, 0) is 19.3 Å². The zero-order valence-corrected chi connectivity index (χ0v) is 8.92. The van der Waals surface area contributed by atoms with E-state index in [-0.39, 0.29) is 5.41 Å². The Morgan fingerprint density at radius 2 is 2.00 bits per heavy atom. The molecule has 0 heterocycles. The topological polar surface area (TPSA) is 23.8 Å². The average Bonchev–Trinajstić information content (AvgIpc) is 2.88. The van der Waals surface area contributed by atoms with Gasteiger partial charge in [-0.2, -0.15) is 5.26 Å². The molecule has 1 nitrogen and oxygen atoms in total. The van der Waals surface area contributed by atoms with Gasteiger partial charge < -0.3 is 0 Å². The maximum atomic E-state index is 9.06. The van der Waals surface area contributed by atoms with E-state index in [4.69, 9.17) is 5.26 Å². The predicted octanol–water partition coefficient (Wildman–Crippen LogP) is 3.02. The lowest BCUT2D eigenvalue weighted by molar-refractivity contribution is 0.664. The van der Waals surface area contributed by atoms with Crippen LogP contribution in [-0.4, -0.2) is 0 Å². The van der Waals surface area contributed by atoms with Crippen molar-refractivity contribution in [1.82, 2.24) is 0 Å². The second-order valence-electron chi connectivity index (χ2n) is 5.03. The molecule has 1 saturated carbocycles. The highest BCUT2D eigenvalue weighted by atomic mass is 14.5. The van der Waals surface area contributed by atoms with Crippen LogP contribution in [0.3, 0.4) is 0 Å². The molecule has 15 heavy (non-hydrogen) atoms. The Morgan fingerprint density at radius 3 is 2.73 bits per heavy atom. The maximum absolute atomic E-state index is 9.06. The number of nitrogens with zero attached hydrogens (tertiary/aromatic N) is 1. The van der Waals surface area contributed by atoms with Crippen LogP contribution in [0.4, 0.5) is 0 Å². The molecule has 0 amide bonds. The van der Waals surface area contributed by atoms with E-state index in [1.54, 1.807) is 0 Å². The van der Waals surface area contributed by atoms with Gasteiger partial charge in [-0.15, -0.1) is 0 Å². The molecule has 1 aromatic carbocycles. The molecule has 3 rings (SSSR count). The molecule has 1 fully saturated rings. The smallest absolute Gasteiger partial charge is 0.0693 e. The first-order valence-electron chi connectivity index (χ1n) is 5.83. The normalized spacial score (nSPS) is 20.7. The highest BCUT2D eigenvalue weighted by molar-refractivity contribution is 5.36. The van der Waals surface area contributed by atoms with Crippen molar-refractivity contribution in [3.8, 4) is 6.07 Å². The number of benzene rings is 1. The van der Waals surface area contributed by atoms with Gasteiger partial charge in [0.15, 0.2) is 0 Å². The highest BCUT2D eigenvalue weighted by Crippen LogP contribution is 2.47. The molecule has 0 aliphatic heterocycles. The van der Waals surface area contributed by atoms with Gasteiger partial charge in [-0.1, -0.05) is 18.2 Å². The summed E-state index contributed by atoms with van der Waals surface area (Å²) in [5.74, 6) is 0. The fourth-order valence-electron chi connectivity index (χ4n) is 2.60. The van der Waals surface area contributed by atoms with E-state index in [0.29, 0.717) is 0 Å². The average molecular weight is 197 g/mol. The van der Waals surface area contributed by atoms with E-state index in [1.165, 1.54) is 36.0 Å². The number of aryl methyl sites for hydroxylation is 2. The van der Waals surface area contributed by atoms with Crippen molar-refractivity contribution < 1.29 is 0 Å². The van der Waals surface area contributed by atoms with Crippen molar-refractivity contribution in [2.24, 2.45) is 5.41 Å². The summed E-state index contributed by atoms with van der Waals surface area (Å²) in [6.45, 7) is 0. The van der Waals surface area contributed by atoms with Crippen LogP contribution in [0, 0.1) is 16.7 Å². The molecule has 2 aliphatic carbocycles. The second kappa shape index (κ2) is 3.10. The minimum atomic E-state index is 0.00679. The van der Waals surface area contributed by atoms with Crippen LogP contribution in [0.15, 0.2) is 18.2 Å². The molecular formula is C14H15N. The molecule has 76 valence electrons. The first kappa shape index (κ1) is 8.97. The van der Waals surface area contributed by atoms with Crippen molar-refractivity contribution in [1.29, 1.82) is 5.26 Å². The minimum Gasteiger partial charge on any atom is -0.198 e. The number of rotatable bonds is 2. The fourth-order valence-corrected chi connectivity index (χ4v) is 2.60. The zero-order chi connectivity index (χ0) is 10.3. The summed E-state index contributed by atoms with van der Waals surface area (Å²) in [5, 5.41) is 9.06. The van der Waals surface area contributed by atoms with Gasteiger partial charge in [0.05, 0.1) is 11.5 Å². The molecule has 2 aliphatic rings. The summed E-state index contributed by atoms with van der Waals surface area (Å²) < 4.78 is 0. The summed E-state index contributed by atoms with van der Waals surface area (Å²) in [6, 6.07) is 9.29. The Hall–Kier alpha value is -1.29. The van der Waals surface area contributed by atoms with Crippen LogP contribution >= 0.6 is 0 Å².